The summed E-state index contributed by atoms with van der Waals surface area (Å²) in [6.07, 6.45) is 2.06. The number of carbonyl (C=O) groups excluding carboxylic acids is 1. The third-order valence-corrected chi connectivity index (χ3v) is 6.08. The molecule has 0 bridgehead atoms. The smallest absolute Gasteiger partial charge is 0.290 e. The van der Waals surface area contributed by atoms with Gasteiger partial charge in [0.1, 0.15) is 11.3 Å². The van der Waals surface area contributed by atoms with Crippen molar-refractivity contribution in [3.63, 3.8) is 0 Å². The molecular formula is C26H29NO5. The molecule has 1 atom stereocenters. The Labute approximate surface area is 187 Å². The van der Waals surface area contributed by atoms with Gasteiger partial charge in [-0.1, -0.05) is 25.5 Å². The van der Waals surface area contributed by atoms with Gasteiger partial charge in [-0.3, -0.25) is 9.59 Å². The van der Waals surface area contributed by atoms with Gasteiger partial charge in [0.2, 0.25) is 5.76 Å². The van der Waals surface area contributed by atoms with Crippen molar-refractivity contribution >= 4 is 16.9 Å². The Bertz CT molecular complexity index is 1200. The Morgan fingerprint density at radius 2 is 1.75 bits per heavy atom. The molecule has 0 aliphatic carbocycles. The van der Waals surface area contributed by atoms with Crippen LogP contribution in [0.15, 0.2) is 45.6 Å². The predicted octanol–water partition coefficient (Wildman–Crippen LogP) is 4.78. The van der Waals surface area contributed by atoms with E-state index in [0.717, 1.165) is 35.3 Å². The number of carbonyl (C=O) groups is 1. The van der Waals surface area contributed by atoms with Crippen LogP contribution in [0.2, 0.25) is 0 Å². The van der Waals surface area contributed by atoms with Crippen molar-refractivity contribution in [2.24, 2.45) is 0 Å². The maximum Gasteiger partial charge on any atom is 0.290 e. The van der Waals surface area contributed by atoms with Crippen LogP contribution in [0.3, 0.4) is 0 Å². The summed E-state index contributed by atoms with van der Waals surface area (Å²) in [7, 11) is 1.59. The van der Waals surface area contributed by atoms with Crippen molar-refractivity contribution in [1.29, 1.82) is 0 Å². The topological polar surface area (TPSA) is 69.0 Å². The van der Waals surface area contributed by atoms with Crippen molar-refractivity contribution in [3.05, 3.63) is 74.6 Å². The second kappa shape index (κ2) is 9.17. The Kier molecular flexibility index (Phi) is 6.33. The lowest BCUT2D eigenvalue weighted by Crippen LogP contribution is -2.32. The summed E-state index contributed by atoms with van der Waals surface area (Å²) < 4.78 is 17.0. The summed E-state index contributed by atoms with van der Waals surface area (Å²) in [4.78, 5) is 28.5. The van der Waals surface area contributed by atoms with E-state index in [-0.39, 0.29) is 17.1 Å². The fourth-order valence-corrected chi connectivity index (χ4v) is 4.12. The number of unbranched alkanes of at least 4 members (excludes halogenated alkanes) is 1. The van der Waals surface area contributed by atoms with Gasteiger partial charge in [0, 0.05) is 13.7 Å². The van der Waals surface area contributed by atoms with Gasteiger partial charge < -0.3 is 18.8 Å². The molecule has 3 aromatic rings. The molecule has 1 unspecified atom stereocenters. The average molecular weight is 436 g/mol. The van der Waals surface area contributed by atoms with E-state index in [1.807, 2.05) is 50.2 Å². The van der Waals surface area contributed by atoms with Gasteiger partial charge in [0.15, 0.2) is 5.43 Å². The second-order valence-corrected chi connectivity index (χ2v) is 8.27. The van der Waals surface area contributed by atoms with Gasteiger partial charge in [0.05, 0.1) is 30.2 Å². The van der Waals surface area contributed by atoms with Crippen LogP contribution in [0.4, 0.5) is 0 Å². The number of fused-ring (bicyclic) bond motifs is 2. The summed E-state index contributed by atoms with van der Waals surface area (Å²) in [5, 5.41) is 0.498. The van der Waals surface area contributed by atoms with Gasteiger partial charge in [-0.25, -0.2) is 0 Å². The zero-order chi connectivity index (χ0) is 22.8. The van der Waals surface area contributed by atoms with Crippen LogP contribution in [-0.2, 0) is 4.74 Å². The summed E-state index contributed by atoms with van der Waals surface area (Å²) in [5.41, 5.74) is 3.53. The van der Waals surface area contributed by atoms with Crippen molar-refractivity contribution in [2.75, 3.05) is 26.9 Å². The van der Waals surface area contributed by atoms with E-state index in [4.69, 9.17) is 13.9 Å². The molecule has 0 fully saturated rings. The highest BCUT2D eigenvalue weighted by atomic mass is 16.5. The number of aryl methyl sites for hydroxylation is 2. The summed E-state index contributed by atoms with van der Waals surface area (Å²) in [6.45, 7) is 7.42. The first-order chi connectivity index (χ1) is 15.5. The first-order valence-electron chi connectivity index (χ1n) is 11.1. The number of amides is 1. The van der Waals surface area contributed by atoms with Crippen molar-refractivity contribution in [3.8, 4) is 5.75 Å². The van der Waals surface area contributed by atoms with E-state index >= 15 is 0 Å². The van der Waals surface area contributed by atoms with E-state index in [1.54, 1.807) is 12.0 Å². The fourth-order valence-electron chi connectivity index (χ4n) is 4.12. The number of hydrogen-bond donors (Lipinski definition) is 0. The highest BCUT2D eigenvalue weighted by Gasteiger charge is 2.42. The minimum Gasteiger partial charge on any atom is -0.494 e. The Morgan fingerprint density at radius 3 is 2.44 bits per heavy atom. The first kappa shape index (κ1) is 22.1. The van der Waals surface area contributed by atoms with Crippen LogP contribution in [0, 0.1) is 13.8 Å². The van der Waals surface area contributed by atoms with Crippen LogP contribution in [0.25, 0.3) is 11.0 Å². The standard InChI is InChI=1S/C26H29NO5/c1-5-6-12-31-19-9-7-18(8-10-19)23-22-24(28)20-14-16(2)17(3)15-21(20)32-25(22)26(29)27(23)11-13-30-4/h7-10,14-15,23H,5-6,11-13H2,1-4H3. The Hall–Kier alpha value is -3.12. The summed E-state index contributed by atoms with van der Waals surface area (Å²) >= 11 is 0. The van der Waals surface area contributed by atoms with Gasteiger partial charge in [0.25, 0.3) is 5.91 Å². The van der Waals surface area contributed by atoms with E-state index in [2.05, 4.69) is 6.92 Å². The molecule has 0 N–H and O–H groups in total. The molecule has 1 amide bonds. The molecule has 2 heterocycles. The maximum absolute atomic E-state index is 13.6. The molecule has 6 nitrogen and oxygen atoms in total. The zero-order valence-electron chi connectivity index (χ0n) is 19.1. The molecule has 1 aromatic heterocycles. The van der Waals surface area contributed by atoms with E-state index < -0.39 is 6.04 Å². The second-order valence-electron chi connectivity index (χ2n) is 8.27. The zero-order valence-corrected chi connectivity index (χ0v) is 19.1. The molecule has 4 rings (SSSR count). The Morgan fingerprint density at radius 1 is 1.03 bits per heavy atom. The fraction of sp³-hybridized carbons (Fsp3) is 0.385. The lowest BCUT2D eigenvalue weighted by molar-refractivity contribution is 0.0663. The van der Waals surface area contributed by atoms with Gasteiger partial charge in [-0.2, -0.15) is 0 Å². The highest BCUT2D eigenvalue weighted by molar-refractivity contribution is 5.99. The van der Waals surface area contributed by atoms with Gasteiger partial charge >= 0.3 is 0 Å². The molecule has 1 aliphatic rings. The maximum atomic E-state index is 13.6. The molecule has 0 radical (unpaired) electrons. The molecule has 1 aliphatic heterocycles. The Balaban J connectivity index is 1.82. The van der Waals surface area contributed by atoms with Crippen LogP contribution in [0.1, 0.15) is 58.6 Å². The lowest BCUT2D eigenvalue weighted by Gasteiger charge is -2.25. The minimum absolute atomic E-state index is 0.120. The van der Waals surface area contributed by atoms with Crippen molar-refractivity contribution in [1.82, 2.24) is 4.90 Å². The van der Waals surface area contributed by atoms with Crippen LogP contribution >= 0.6 is 0 Å². The van der Waals surface area contributed by atoms with Gasteiger partial charge in [-0.15, -0.1) is 0 Å². The first-order valence-corrected chi connectivity index (χ1v) is 11.1. The predicted molar refractivity (Wildman–Crippen MR) is 124 cm³/mol. The molecule has 0 saturated heterocycles. The normalized spacial score (nSPS) is 15.4. The minimum atomic E-state index is -0.528. The average Bonchev–Trinajstić information content (AvgIpc) is 3.06. The highest BCUT2D eigenvalue weighted by Crippen LogP contribution is 2.38. The molecule has 0 saturated carbocycles. The number of methoxy groups -OCH3 is 1. The van der Waals surface area contributed by atoms with Crippen molar-refractivity contribution in [2.45, 2.75) is 39.7 Å². The summed E-state index contributed by atoms with van der Waals surface area (Å²) in [6, 6.07) is 10.8. The molecule has 6 heteroatoms. The van der Waals surface area contributed by atoms with Crippen molar-refractivity contribution < 1.29 is 18.7 Å². The van der Waals surface area contributed by atoms with Crippen LogP contribution < -0.4 is 10.2 Å². The molecular weight excluding hydrogens is 406 g/mol. The van der Waals surface area contributed by atoms with Crippen LogP contribution in [-0.4, -0.2) is 37.7 Å². The van der Waals surface area contributed by atoms with E-state index in [9.17, 15) is 9.59 Å². The molecule has 2 aromatic carbocycles. The SMILES string of the molecule is CCCCOc1ccc(C2c3c(oc4cc(C)c(C)cc4c3=O)C(=O)N2CCOC)cc1. The molecule has 32 heavy (non-hydrogen) atoms. The lowest BCUT2D eigenvalue weighted by atomic mass is 9.97. The third kappa shape index (κ3) is 3.91. The van der Waals surface area contributed by atoms with Crippen LogP contribution in [0.5, 0.6) is 5.75 Å². The number of rotatable bonds is 8. The summed E-state index contributed by atoms with van der Waals surface area (Å²) in [5.74, 6) is 0.601. The molecule has 168 valence electrons. The monoisotopic (exact) mass is 435 g/mol. The number of benzene rings is 2. The molecule has 0 spiro atoms. The number of hydrogen-bond acceptors (Lipinski definition) is 5. The third-order valence-electron chi connectivity index (χ3n) is 6.08. The number of nitrogens with zero attached hydrogens (tertiary/aromatic N) is 1. The van der Waals surface area contributed by atoms with Gasteiger partial charge in [-0.05, 0) is 61.2 Å². The van der Waals surface area contributed by atoms with E-state index in [0.29, 0.717) is 36.3 Å². The largest absolute Gasteiger partial charge is 0.494 e. The number of ether oxygens (including phenoxy) is 2. The quantitative estimate of drug-likeness (QED) is 0.476. The van der Waals surface area contributed by atoms with E-state index in [1.165, 1.54) is 0 Å².